The number of nitrogen functional groups attached to an aromatic ring is 1. The van der Waals surface area contributed by atoms with Gasteiger partial charge in [-0.05, 0) is 12.8 Å². The molecule has 6 heteroatoms. The minimum atomic E-state index is -0.399. The molecule has 6 nitrogen and oxygen atoms in total. The predicted molar refractivity (Wildman–Crippen MR) is 63.9 cm³/mol. The van der Waals surface area contributed by atoms with Gasteiger partial charge in [0.15, 0.2) is 0 Å². The van der Waals surface area contributed by atoms with Crippen molar-refractivity contribution in [2.45, 2.75) is 26.9 Å². The second-order valence-electron chi connectivity index (χ2n) is 4.02. The van der Waals surface area contributed by atoms with E-state index in [0.29, 0.717) is 24.0 Å². The third kappa shape index (κ3) is 3.63. The molecule has 1 heterocycles. The van der Waals surface area contributed by atoms with E-state index in [1.807, 2.05) is 13.8 Å². The van der Waals surface area contributed by atoms with Crippen molar-refractivity contribution in [1.29, 1.82) is 0 Å². The standard InChI is InChI=1S/C10H19N5O/c1-6(2)8(16)5-12-9-4-10(15-11)14-7(3)13-9/h4,6,8,16H,5,11H2,1-3H3,(H2,12,13,14,15). The lowest BCUT2D eigenvalue weighted by Crippen LogP contribution is -2.25. The van der Waals surface area contributed by atoms with Crippen LogP contribution in [0.2, 0.25) is 0 Å². The molecule has 0 radical (unpaired) electrons. The molecule has 1 rings (SSSR count). The Labute approximate surface area is 95.3 Å². The van der Waals surface area contributed by atoms with E-state index in [2.05, 4.69) is 20.7 Å². The molecule has 1 unspecified atom stereocenters. The number of aryl methyl sites for hydroxylation is 1. The van der Waals surface area contributed by atoms with Crippen LogP contribution in [0.5, 0.6) is 0 Å². The molecule has 0 saturated heterocycles. The molecule has 0 fully saturated rings. The zero-order valence-corrected chi connectivity index (χ0v) is 9.86. The minimum Gasteiger partial charge on any atom is -0.391 e. The highest BCUT2D eigenvalue weighted by molar-refractivity contribution is 5.46. The molecule has 0 amide bonds. The molecule has 5 N–H and O–H groups in total. The van der Waals surface area contributed by atoms with E-state index in [0.717, 1.165) is 0 Å². The zero-order chi connectivity index (χ0) is 12.1. The van der Waals surface area contributed by atoms with Gasteiger partial charge in [-0.1, -0.05) is 13.8 Å². The van der Waals surface area contributed by atoms with E-state index in [1.165, 1.54) is 0 Å². The molecule has 0 saturated carbocycles. The summed E-state index contributed by atoms with van der Waals surface area (Å²) in [7, 11) is 0. The van der Waals surface area contributed by atoms with Gasteiger partial charge in [0.25, 0.3) is 0 Å². The second kappa shape index (κ2) is 5.62. The molecule has 0 bridgehead atoms. The quantitative estimate of drug-likeness (QED) is 0.430. The third-order valence-electron chi connectivity index (χ3n) is 2.25. The molecule has 1 atom stereocenters. The van der Waals surface area contributed by atoms with Crippen molar-refractivity contribution in [1.82, 2.24) is 9.97 Å². The topological polar surface area (TPSA) is 96.1 Å². The number of rotatable bonds is 5. The molecule has 0 aliphatic heterocycles. The molecule has 1 aromatic rings. The van der Waals surface area contributed by atoms with Gasteiger partial charge in [0, 0.05) is 12.6 Å². The number of hydrazine groups is 1. The van der Waals surface area contributed by atoms with Crippen molar-refractivity contribution in [3.63, 3.8) is 0 Å². The van der Waals surface area contributed by atoms with Gasteiger partial charge in [-0.15, -0.1) is 0 Å². The fraction of sp³-hybridized carbons (Fsp3) is 0.600. The smallest absolute Gasteiger partial charge is 0.145 e. The molecule has 16 heavy (non-hydrogen) atoms. The Morgan fingerprint density at radius 3 is 2.56 bits per heavy atom. The Bertz CT molecular complexity index is 342. The highest BCUT2D eigenvalue weighted by Gasteiger charge is 2.09. The Morgan fingerprint density at radius 2 is 2.00 bits per heavy atom. The fourth-order valence-electron chi connectivity index (χ4n) is 1.18. The van der Waals surface area contributed by atoms with Crippen molar-refractivity contribution in [2.75, 3.05) is 17.3 Å². The van der Waals surface area contributed by atoms with Gasteiger partial charge in [0.1, 0.15) is 17.5 Å². The summed E-state index contributed by atoms with van der Waals surface area (Å²) < 4.78 is 0. The SMILES string of the molecule is Cc1nc(NN)cc(NCC(O)C(C)C)n1. The molecular formula is C10H19N5O. The molecule has 0 aliphatic carbocycles. The van der Waals surface area contributed by atoms with Gasteiger partial charge in [-0.25, -0.2) is 15.8 Å². The lowest BCUT2D eigenvalue weighted by molar-refractivity contribution is 0.138. The summed E-state index contributed by atoms with van der Waals surface area (Å²) in [4.78, 5) is 8.25. The van der Waals surface area contributed by atoms with Crippen molar-refractivity contribution in [3.05, 3.63) is 11.9 Å². The number of aliphatic hydroxyl groups is 1. The fourth-order valence-corrected chi connectivity index (χ4v) is 1.18. The van der Waals surface area contributed by atoms with Gasteiger partial charge >= 0.3 is 0 Å². The van der Waals surface area contributed by atoms with E-state index in [-0.39, 0.29) is 5.92 Å². The monoisotopic (exact) mass is 225 g/mol. The van der Waals surface area contributed by atoms with Crippen LogP contribution in [-0.4, -0.2) is 27.7 Å². The molecule has 0 aliphatic rings. The van der Waals surface area contributed by atoms with Gasteiger partial charge in [-0.2, -0.15) is 0 Å². The number of nitrogens with two attached hydrogens (primary N) is 1. The van der Waals surface area contributed by atoms with E-state index in [4.69, 9.17) is 5.84 Å². The van der Waals surface area contributed by atoms with Gasteiger partial charge < -0.3 is 15.8 Å². The van der Waals surface area contributed by atoms with Crippen LogP contribution >= 0.6 is 0 Å². The van der Waals surface area contributed by atoms with Crippen LogP contribution < -0.4 is 16.6 Å². The number of nitrogens with one attached hydrogen (secondary N) is 2. The van der Waals surface area contributed by atoms with E-state index >= 15 is 0 Å². The normalized spacial score (nSPS) is 12.6. The first-order chi connectivity index (χ1) is 7.52. The summed E-state index contributed by atoms with van der Waals surface area (Å²) in [6.07, 6.45) is -0.399. The van der Waals surface area contributed by atoms with Crippen LogP contribution in [0.4, 0.5) is 11.6 Å². The Kier molecular flexibility index (Phi) is 4.45. The van der Waals surface area contributed by atoms with Crippen molar-refractivity contribution >= 4 is 11.6 Å². The number of anilines is 2. The number of nitrogens with zero attached hydrogens (tertiary/aromatic N) is 2. The number of hydrogen-bond donors (Lipinski definition) is 4. The maximum atomic E-state index is 9.64. The second-order valence-corrected chi connectivity index (χ2v) is 4.02. The molecule has 90 valence electrons. The lowest BCUT2D eigenvalue weighted by Gasteiger charge is -2.15. The largest absolute Gasteiger partial charge is 0.391 e. The van der Waals surface area contributed by atoms with E-state index in [9.17, 15) is 5.11 Å². The van der Waals surface area contributed by atoms with Crippen LogP contribution in [-0.2, 0) is 0 Å². The Balaban J connectivity index is 2.63. The lowest BCUT2D eigenvalue weighted by atomic mass is 10.1. The van der Waals surface area contributed by atoms with Gasteiger partial charge in [0.2, 0.25) is 0 Å². The number of aromatic nitrogens is 2. The van der Waals surface area contributed by atoms with E-state index in [1.54, 1.807) is 13.0 Å². The summed E-state index contributed by atoms with van der Waals surface area (Å²) in [6.45, 7) is 6.16. The van der Waals surface area contributed by atoms with Crippen LogP contribution in [0.25, 0.3) is 0 Å². The molecular weight excluding hydrogens is 206 g/mol. The van der Waals surface area contributed by atoms with Crippen molar-refractivity contribution in [3.8, 4) is 0 Å². The van der Waals surface area contributed by atoms with Gasteiger partial charge in [-0.3, -0.25) is 0 Å². The molecule has 0 aromatic carbocycles. The maximum Gasteiger partial charge on any atom is 0.145 e. The highest BCUT2D eigenvalue weighted by atomic mass is 16.3. The Morgan fingerprint density at radius 1 is 1.38 bits per heavy atom. The van der Waals surface area contributed by atoms with Crippen LogP contribution in [0.3, 0.4) is 0 Å². The number of hydrogen-bond acceptors (Lipinski definition) is 6. The van der Waals surface area contributed by atoms with Crippen LogP contribution in [0.15, 0.2) is 6.07 Å². The summed E-state index contributed by atoms with van der Waals surface area (Å²) in [5.74, 6) is 7.31. The van der Waals surface area contributed by atoms with E-state index < -0.39 is 6.10 Å². The van der Waals surface area contributed by atoms with Crippen molar-refractivity contribution in [2.24, 2.45) is 11.8 Å². The number of aliphatic hydroxyl groups excluding tert-OH is 1. The van der Waals surface area contributed by atoms with Crippen LogP contribution in [0.1, 0.15) is 19.7 Å². The van der Waals surface area contributed by atoms with Gasteiger partial charge in [0.05, 0.1) is 6.10 Å². The zero-order valence-electron chi connectivity index (χ0n) is 9.86. The highest BCUT2D eigenvalue weighted by Crippen LogP contribution is 2.10. The summed E-state index contributed by atoms with van der Waals surface area (Å²) in [6, 6.07) is 1.69. The summed E-state index contributed by atoms with van der Waals surface area (Å²) in [5.41, 5.74) is 2.46. The Hall–Kier alpha value is -1.40. The van der Waals surface area contributed by atoms with Crippen LogP contribution in [0, 0.1) is 12.8 Å². The molecule has 1 aromatic heterocycles. The summed E-state index contributed by atoms with van der Waals surface area (Å²) >= 11 is 0. The average molecular weight is 225 g/mol. The summed E-state index contributed by atoms with van der Waals surface area (Å²) in [5, 5.41) is 12.7. The predicted octanol–water partition coefficient (Wildman–Crippen LogP) is 0.499. The maximum absolute atomic E-state index is 9.64. The molecule has 0 spiro atoms. The first-order valence-corrected chi connectivity index (χ1v) is 5.27. The first kappa shape index (κ1) is 12.7. The third-order valence-corrected chi connectivity index (χ3v) is 2.25. The average Bonchev–Trinajstić information content (AvgIpc) is 2.24. The first-order valence-electron chi connectivity index (χ1n) is 5.27. The minimum absolute atomic E-state index is 0.211. The van der Waals surface area contributed by atoms with Crippen molar-refractivity contribution < 1.29 is 5.11 Å².